The number of hydrogen-bond acceptors (Lipinski definition) is 4. The van der Waals surface area contributed by atoms with Crippen LogP contribution in [0.1, 0.15) is 44.1 Å². The second-order valence-corrected chi connectivity index (χ2v) is 8.49. The van der Waals surface area contributed by atoms with Gasteiger partial charge in [0.05, 0.1) is 18.9 Å². The third-order valence-electron chi connectivity index (χ3n) is 6.89. The molecule has 29 heavy (non-hydrogen) atoms. The van der Waals surface area contributed by atoms with E-state index in [2.05, 4.69) is 6.07 Å². The third kappa shape index (κ3) is 3.89. The predicted molar refractivity (Wildman–Crippen MR) is 109 cm³/mol. The van der Waals surface area contributed by atoms with E-state index in [0.29, 0.717) is 32.5 Å². The molecule has 0 bridgehead atoms. The molecule has 3 aliphatic rings. The normalized spacial score (nSPS) is 24.9. The van der Waals surface area contributed by atoms with Gasteiger partial charge in [-0.15, -0.1) is 0 Å². The van der Waals surface area contributed by atoms with Crippen molar-refractivity contribution in [2.45, 2.75) is 44.9 Å². The second kappa shape index (κ2) is 8.56. The zero-order valence-electron chi connectivity index (χ0n) is 17.1. The van der Waals surface area contributed by atoms with Crippen molar-refractivity contribution in [1.29, 1.82) is 0 Å². The van der Waals surface area contributed by atoms with Crippen LogP contribution >= 0.6 is 0 Å². The number of methoxy groups -OCH3 is 1. The van der Waals surface area contributed by atoms with Gasteiger partial charge in [-0.2, -0.15) is 0 Å². The summed E-state index contributed by atoms with van der Waals surface area (Å²) in [7, 11) is 1.41. The second-order valence-electron chi connectivity index (χ2n) is 8.49. The molecule has 2 unspecified atom stereocenters. The molecule has 1 aromatic rings. The van der Waals surface area contributed by atoms with Crippen LogP contribution in [0, 0.1) is 17.8 Å². The van der Waals surface area contributed by atoms with Crippen LogP contribution in [0.25, 0.3) is 0 Å². The molecule has 1 aliphatic carbocycles. The quantitative estimate of drug-likeness (QED) is 0.735. The van der Waals surface area contributed by atoms with Gasteiger partial charge in [0, 0.05) is 31.2 Å². The van der Waals surface area contributed by atoms with Crippen LogP contribution in [0.15, 0.2) is 24.3 Å². The average molecular weight is 399 g/mol. The molecule has 2 amide bonds. The van der Waals surface area contributed by atoms with Crippen molar-refractivity contribution in [3.63, 3.8) is 0 Å². The van der Waals surface area contributed by atoms with Gasteiger partial charge in [0.2, 0.25) is 11.8 Å². The lowest BCUT2D eigenvalue weighted by molar-refractivity contribution is -0.150. The summed E-state index contributed by atoms with van der Waals surface area (Å²) in [5.41, 5.74) is 2.22. The summed E-state index contributed by atoms with van der Waals surface area (Å²) < 4.78 is 4.84. The van der Waals surface area contributed by atoms with Crippen molar-refractivity contribution < 1.29 is 19.1 Å². The van der Waals surface area contributed by atoms with E-state index in [1.165, 1.54) is 12.7 Å². The minimum atomic E-state index is -0.237. The van der Waals surface area contributed by atoms with Crippen LogP contribution in [0.5, 0.6) is 0 Å². The highest BCUT2D eigenvalue weighted by Crippen LogP contribution is 2.37. The van der Waals surface area contributed by atoms with Crippen LogP contribution in [0.2, 0.25) is 0 Å². The lowest BCUT2D eigenvalue weighted by Gasteiger charge is -2.38. The molecule has 2 heterocycles. The van der Waals surface area contributed by atoms with Crippen LogP contribution in [-0.2, 0) is 25.5 Å². The highest BCUT2D eigenvalue weighted by atomic mass is 16.5. The summed E-state index contributed by atoms with van der Waals surface area (Å²) in [6.07, 6.45) is 5.73. The maximum atomic E-state index is 13.4. The molecular formula is C23H30N2O4. The number of carbonyl (C=O) groups is 3. The summed E-state index contributed by atoms with van der Waals surface area (Å²) in [6, 6.07) is 8.08. The van der Waals surface area contributed by atoms with Gasteiger partial charge in [0.1, 0.15) is 0 Å². The van der Waals surface area contributed by atoms with E-state index >= 15 is 0 Å². The van der Waals surface area contributed by atoms with E-state index in [1.54, 1.807) is 0 Å². The Balaban J connectivity index is 1.45. The Morgan fingerprint density at radius 1 is 0.897 bits per heavy atom. The highest BCUT2D eigenvalue weighted by Gasteiger charge is 2.42. The summed E-state index contributed by atoms with van der Waals surface area (Å²) >= 11 is 0. The Kier molecular flexibility index (Phi) is 5.88. The van der Waals surface area contributed by atoms with Crippen molar-refractivity contribution in [2.24, 2.45) is 17.8 Å². The number of likely N-dealkylation sites (tertiary alicyclic amines) is 1. The van der Waals surface area contributed by atoms with Crippen LogP contribution in [0.3, 0.4) is 0 Å². The van der Waals surface area contributed by atoms with Crippen molar-refractivity contribution in [3.05, 3.63) is 29.8 Å². The Morgan fingerprint density at radius 2 is 1.55 bits per heavy atom. The molecular weight excluding hydrogens is 368 g/mol. The summed E-state index contributed by atoms with van der Waals surface area (Å²) in [5.74, 6) is -0.569. The number of anilines is 1. The largest absolute Gasteiger partial charge is 0.469 e. The molecule has 4 rings (SSSR count). The van der Waals surface area contributed by atoms with Crippen molar-refractivity contribution in [2.75, 3.05) is 31.6 Å². The highest BCUT2D eigenvalue weighted by molar-refractivity contribution is 5.99. The molecule has 1 saturated carbocycles. The van der Waals surface area contributed by atoms with E-state index in [-0.39, 0.29) is 35.5 Å². The maximum Gasteiger partial charge on any atom is 0.308 e. The van der Waals surface area contributed by atoms with Crippen molar-refractivity contribution in [3.8, 4) is 0 Å². The van der Waals surface area contributed by atoms with Crippen LogP contribution < -0.4 is 4.90 Å². The molecule has 156 valence electrons. The number of esters is 1. The fourth-order valence-corrected chi connectivity index (χ4v) is 5.23. The number of carbonyl (C=O) groups excluding carboxylic acids is 3. The van der Waals surface area contributed by atoms with E-state index in [9.17, 15) is 14.4 Å². The molecule has 6 heteroatoms. The molecule has 6 nitrogen and oxygen atoms in total. The lowest BCUT2D eigenvalue weighted by atomic mass is 9.77. The predicted octanol–water partition coefficient (Wildman–Crippen LogP) is 2.79. The maximum absolute atomic E-state index is 13.4. The Hall–Kier alpha value is -2.37. The summed E-state index contributed by atoms with van der Waals surface area (Å²) in [4.78, 5) is 42.3. The smallest absolute Gasteiger partial charge is 0.308 e. The molecule has 1 saturated heterocycles. The Bertz CT molecular complexity index is 785. The zero-order chi connectivity index (χ0) is 20.4. The number of rotatable bonds is 3. The van der Waals surface area contributed by atoms with Gasteiger partial charge in [0.15, 0.2) is 0 Å². The number of hydrogen-bond donors (Lipinski definition) is 0. The monoisotopic (exact) mass is 398 g/mol. The van der Waals surface area contributed by atoms with Crippen molar-refractivity contribution in [1.82, 2.24) is 4.90 Å². The average Bonchev–Trinajstić information content (AvgIpc) is 3.22. The van der Waals surface area contributed by atoms with Gasteiger partial charge in [-0.25, -0.2) is 0 Å². The molecule has 2 fully saturated rings. The van der Waals surface area contributed by atoms with Gasteiger partial charge in [-0.3, -0.25) is 14.4 Å². The van der Waals surface area contributed by atoms with Gasteiger partial charge < -0.3 is 14.5 Å². The molecule has 2 aliphatic heterocycles. The van der Waals surface area contributed by atoms with Gasteiger partial charge in [-0.05, 0) is 43.7 Å². The number of fused-ring (bicyclic) bond motifs is 1. The number of benzene rings is 1. The zero-order valence-corrected chi connectivity index (χ0v) is 17.1. The van der Waals surface area contributed by atoms with Gasteiger partial charge in [0.25, 0.3) is 0 Å². The minimum Gasteiger partial charge on any atom is -0.469 e. The standard InChI is InChI=1S/C23H30N2O4/c1-29-23(28)17-10-13-24(14-11-17)21(26)18-7-3-4-8-19(18)22(27)25-15-12-16-6-2-5-9-20(16)25/h2,5-6,9,17-19H,3-4,7-8,10-15H2,1H3. The van der Waals surface area contributed by atoms with E-state index in [0.717, 1.165) is 37.8 Å². The van der Waals surface area contributed by atoms with Crippen LogP contribution in [0.4, 0.5) is 5.69 Å². The fraction of sp³-hybridized carbons (Fsp3) is 0.609. The number of nitrogens with zero attached hydrogens (tertiary/aromatic N) is 2. The first-order chi connectivity index (χ1) is 14.1. The van der Waals surface area contributed by atoms with E-state index in [4.69, 9.17) is 4.74 Å². The fourth-order valence-electron chi connectivity index (χ4n) is 5.23. The van der Waals surface area contributed by atoms with Gasteiger partial charge in [-0.1, -0.05) is 31.0 Å². The number of amides is 2. The summed E-state index contributed by atoms with van der Waals surface area (Å²) in [6.45, 7) is 1.85. The number of para-hydroxylation sites is 1. The molecule has 2 atom stereocenters. The molecule has 1 aromatic carbocycles. The molecule has 0 spiro atoms. The third-order valence-corrected chi connectivity index (χ3v) is 6.89. The number of ether oxygens (including phenoxy) is 1. The van der Waals surface area contributed by atoms with Crippen LogP contribution in [-0.4, -0.2) is 49.4 Å². The first-order valence-corrected chi connectivity index (χ1v) is 10.9. The van der Waals surface area contributed by atoms with Crippen molar-refractivity contribution >= 4 is 23.5 Å². The molecule has 0 aromatic heterocycles. The molecule has 0 N–H and O–H groups in total. The first-order valence-electron chi connectivity index (χ1n) is 10.9. The van der Waals surface area contributed by atoms with E-state index < -0.39 is 0 Å². The van der Waals surface area contributed by atoms with E-state index in [1.807, 2.05) is 28.0 Å². The summed E-state index contributed by atoms with van der Waals surface area (Å²) in [5, 5.41) is 0. The first kappa shape index (κ1) is 19.9. The topological polar surface area (TPSA) is 66.9 Å². The number of piperidine rings is 1. The minimum absolute atomic E-state index is 0.0962. The van der Waals surface area contributed by atoms with Gasteiger partial charge >= 0.3 is 5.97 Å². The lowest BCUT2D eigenvalue weighted by Crippen LogP contribution is -2.49. The molecule has 0 radical (unpaired) electrons. The SMILES string of the molecule is COC(=O)C1CCN(C(=O)C2CCCCC2C(=O)N2CCc3ccccc32)CC1. The Labute approximate surface area is 172 Å². The Morgan fingerprint density at radius 3 is 2.24 bits per heavy atom.